The first-order valence-electron chi connectivity index (χ1n) is 8.88. The van der Waals surface area contributed by atoms with Crippen molar-refractivity contribution in [3.63, 3.8) is 0 Å². The van der Waals surface area contributed by atoms with Crippen molar-refractivity contribution < 1.29 is 17.9 Å². The van der Waals surface area contributed by atoms with Gasteiger partial charge in [-0.2, -0.15) is 0 Å². The molecule has 0 amide bonds. The van der Waals surface area contributed by atoms with E-state index >= 15 is 0 Å². The van der Waals surface area contributed by atoms with Crippen LogP contribution in [-0.4, -0.2) is 44.1 Å². The molecule has 7 nitrogen and oxygen atoms in total. The Bertz CT molecular complexity index is 860. The van der Waals surface area contributed by atoms with Gasteiger partial charge in [0.15, 0.2) is 5.69 Å². The molecule has 0 saturated carbocycles. The number of carbonyl (C=O) groups is 1. The van der Waals surface area contributed by atoms with Crippen LogP contribution in [0, 0.1) is 0 Å². The molecule has 1 aromatic carbocycles. The smallest absolute Gasteiger partial charge is 0.358 e. The molecule has 0 unspecified atom stereocenters. The zero-order valence-corrected chi connectivity index (χ0v) is 16.8. The number of esters is 1. The predicted molar refractivity (Wildman–Crippen MR) is 104 cm³/mol. The number of nitrogens with one attached hydrogen (secondary N) is 1. The van der Waals surface area contributed by atoms with Gasteiger partial charge in [0.1, 0.15) is 0 Å². The minimum absolute atomic E-state index is 0.0460. The second-order valence-corrected chi connectivity index (χ2v) is 8.97. The van der Waals surface area contributed by atoms with Crippen molar-refractivity contribution in [2.24, 2.45) is 0 Å². The third-order valence-electron chi connectivity index (χ3n) is 4.40. The van der Waals surface area contributed by atoms with E-state index in [1.54, 1.807) is 29.6 Å². The first kappa shape index (κ1) is 19.9. The van der Waals surface area contributed by atoms with E-state index in [4.69, 9.17) is 4.74 Å². The fourth-order valence-corrected chi connectivity index (χ4v) is 5.37. The van der Waals surface area contributed by atoms with Crippen LogP contribution in [0.4, 0.5) is 0 Å². The van der Waals surface area contributed by atoms with Crippen LogP contribution in [0.2, 0.25) is 0 Å². The van der Waals surface area contributed by atoms with Crippen molar-refractivity contribution in [1.29, 1.82) is 0 Å². The van der Waals surface area contributed by atoms with E-state index in [-0.39, 0.29) is 17.6 Å². The lowest BCUT2D eigenvalue weighted by molar-refractivity contribution is 0.0518. The average Bonchev–Trinajstić information content (AvgIpc) is 3.12. The lowest BCUT2D eigenvalue weighted by Crippen LogP contribution is -2.46. The molecule has 27 heavy (non-hydrogen) atoms. The highest BCUT2D eigenvalue weighted by Gasteiger charge is 2.28. The fraction of sp³-hybridized carbons (Fsp3) is 0.444. The first-order chi connectivity index (χ1) is 13.0. The maximum absolute atomic E-state index is 12.4. The Balaban J connectivity index is 1.56. The number of rotatable bonds is 7. The zero-order chi connectivity index (χ0) is 19.3. The number of ether oxygens (including phenoxy) is 1. The molecular weight excluding hydrogens is 386 g/mol. The standard InChI is InChI=1S/C18H23N3O4S2/c1-2-25-18(22)16-17(26-13-19-16)15-8-10-21(11-9-15)20-27(23,24)12-14-6-4-3-5-7-14/h3-7,13,15,20H,2,8-12H2,1H3. The number of hydrogen-bond acceptors (Lipinski definition) is 7. The lowest BCUT2D eigenvalue weighted by atomic mass is 9.95. The quantitative estimate of drug-likeness (QED) is 0.707. The lowest BCUT2D eigenvalue weighted by Gasteiger charge is -2.31. The highest BCUT2D eigenvalue weighted by molar-refractivity contribution is 7.88. The molecule has 0 radical (unpaired) electrons. The third kappa shape index (κ3) is 5.35. The molecular formula is C18H23N3O4S2. The number of hydrogen-bond donors (Lipinski definition) is 1. The predicted octanol–water partition coefficient (Wildman–Crippen LogP) is 2.53. The van der Waals surface area contributed by atoms with Gasteiger partial charge < -0.3 is 4.74 Å². The summed E-state index contributed by atoms with van der Waals surface area (Å²) in [5.74, 6) is -0.248. The minimum atomic E-state index is -3.44. The molecule has 2 aromatic rings. The van der Waals surface area contributed by atoms with Crippen molar-refractivity contribution in [3.8, 4) is 0 Å². The summed E-state index contributed by atoms with van der Waals surface area (Å²) >= 11 is 1.46. The molecule has 2 heterocycles. The summed E-state index contributed by atoms with van der Waals surface area (Å²) < 4.78 is 29.8. The Kier molecular flexibility index (Phi) is 6.59. The van der Waals surface area contributed by atoms with Gasteiger partial charge in [0.05, 0.1) is 17.9 Å². The Hall–Kier alpha value is -1.81. The van der Waals surface area contributed by atoms with Gasteiger partial charge in [-0.15, -0.1) is 16.2 Å². The van der Waals surface area contributed by atoms with E-state index in [1.165, 1.54) is 11.3 Å². The van der Waals surface area contributed by atoms with E-state index < -0.39 is 10.0 Å². The van der Waals surface area contributed by atoms with Crippen LogP contribution in [0.1, 0.15) is 46.6 Å². The second-order valence-electron chi connectivity index (χ2n) is 6.38. The summed E-state index contributed by atoms with van der Waals surface area (Å²) in [4.78, 5) is 19.8. The molecule has 0 spiro atoms. The molecule has 1 aliphatic rings. The van der Waals surface area contributed by atoms with Crippen LogP contribution in [0.25, 0.3) is 0 Å². The van der Waals surface area contributed by atoms with Gasteiger partial charge >= 0.3 is 5.97 Å². The van der Waals surface area contributed by atoms with Crippen LogP contribution < -0.4 is 4.83 Å². The number of sulfonamides is 1. The molecule has 1 aromatic heterocycles. The summed E-state index contributed by atoms with van der Waals surface area (Å²) in [5, 5.41) is 1.74. The number of aromatic nitrogens is 1. The van der Waals surface area contributed by atoms with Crippen LogP contribution in [0.3, 0.4) is 0 Å². The molecule has 1 saturated heterocycles. The number of piperidine rings is 1. The average molecular weight is 410 g/mol. The SMILES string of the molecule is CCOC(=O)c1ncsc1C1CCN(NS(=O)(=O)Cc2ccccc2)CC1. The maximum Gasteiger partial charge on any atom is 0.358 e. The zero-order valence-electron chi connectivity index (χ0n) is 15.1. The van der Waals surface area contributed by atoms with Gasteiger partial charge in [0, 0.05) is 18.0 Å². The molecule has 0 atom stereocenters. The third-order valence-corrected chi connectivity index (χ3v) is 6.64. The Labute approximate surface area is 163 Å². The molecule has 1 fully saturated rings. The fourth-order valence-electron chi connectivity index (χ4n) is 3.15. The second kappa shape index (κ2) is 8.92. The maximum atomic E-state index is 12.4. The van der Waals surface area contributed by atoms with Crippen molar-refractivity contribution >= 4 is 27.3 Å². The van der Waals surface area contributed by atoms with E-state index in [0.717, 1.165) is 23.3 Å². The number of benzene rings is 1. The van der Waals surface area contributed by atoms with Crippen LogP contribution >= 0.6 is 11.3 Å². The highest BCUT2D eigenvalue weighted by Crippen LogP contribution is 2.33. The molecule has 146 valence electrons. The Morgan fingerprint density at radius 3 is 2.67 bits per heavy atom. The van der Waals surface area contributed by atoms with Gasteiger partial charge in [0.2, 0.25) is 10.0 Å². The normalized spacial score (nSPS) is 16.3. The van der Waals surface area contributed by atoms with Crippen LogP contribution in [0.15, 0.2) is 35.8 Å². The Morgan fingerprint density at radius 2 is 2.00 bits per heavy atom. The largest absolute Gasteiger partial charge is 0.461 e. The molecule has 0 bridgehead atoms. The molecule has 9 heteroatoms. The van der Waals surface area contributed by atoms with E-state index in [2.05, 4.69) is 9.82 Å². The topological polar surface area (TPSA) is 88.6 Å². The highest BCUT2D eigenvalue weighted by atomic mass is 32.2. The summed E-state index contributed by atoms with van der Waals surface area (Å²) in [5.41, 5.74) is 2.81. The van der Waals surface area contributed by atoms with E-state index in [0.29, 0.717) is 25.4 Å². The summed E-state index contributed by atoms with van der Waals surface area (Å²) in [6.07, 6.45) is 1.50. The summed E-state index contributed by atoms with van der Waals surface area (Å²) in [6, 6.07) is 9.11. The molecule has 1 N–H and O–H groups in total. The first-order valence-corrected chi connectivity index (χ1v) is 11.4. The van der Waals surface area contributed by atoms with Crippen molar-refractivity contribution in [3.05, 3.63) is 52.0 Å². The van der Waals surface area contributed by atoms with Crippen molar-refractivity contribution in [1.82, 2.24) is 14.8 Å². The minimum Gasteiger partial charge on any atom is -0.461 e. The van der Waals surface area contributed by atoms with Crippen LogP contribution in [-0.2, 0) is 20.5 Å². The number of carbonyl (C=O) groups excluding carboxylic acids is 1. The number of nitrogens with zero attached hydrogens (tertiary/aromatic N) is 2. The van der Waals surface area contributed by atoms with Gasteiger partial charge in [-0.05, 0) is 31.2 Å². The van der Waals surface area contributed by atoms with Gasteiger partial charge in [-0.25, -0.2) is 23.2 Å². The summed E-state index contributed by atoms with van der Waals surface area (Å²) in [7, 11) is -3.44. The van der Waals surface area contributed by atoms with E-state index in [1.807, 2.05) is 18.2 Å². The molecule has 1 aliphatic heterocycles. The van der Waals surface area contributed by atoms with Crippen LogP contribution in [0.5, 0.6) is 0 Å². The van der Waals surface area contributed by atoms with Crippen molar-refractivity contribution in [2.45, 2.75) is 31.4 Å². The Morgan fingerprint density at radius 1 is 1.30 bits per heavy atom. The van der Waals surface area contributed by atoms with Gasteiger partial charge in [-0.1, -0.05) is 30.3 Å². The van der Waals surface area contributed by atoms with Gasteiger partial charge in [-0.3, -0.25) is 0 Å². The molecule has 3 rings (SSSR count). The van der Waals surface area contributed by atoms with Crippen molar-refractivity contribution in [2.75, 3.05) is 19.7 Å². The summed E-state index contributed by atoms with van der Waals surface area (Å²) in [6.45, 7) is 3.25. The number of hydrazine groups is 1. The monoisotopic (exact) mass is 409 g/mol. The number of thiazole rings is 1. The molecule has 0 aliphatic carbocycles. The van der Waals surface area contributed by atoms with E-state index in [9.17, 15) is 13.2 Å². The van der Waals surface area contributed by atoms with Gasteiger partial charge in [0.25, 0.3) is 0 Å².